The van der Waals surface area contributed by atoms with Crippen LogP contribution in [-0.4, -0.2) is 0 Å². The third kappa shape index (κ3) is 5.01. The first-order chi connectivity index (χ1) is 8.81. The second-order valence-corrected chi connectivity index (χ2v) is 6.07. The fourth-order valence-corrected chi connectivity index (χ4v) is 2.36. The summed E-state index contributed by atoms with van der Waals surface area (Å²) in [7, 11) is 5.24. The van der Waals surface area contributed by atoms with Crippen molar-refractivity contribution in [3.05, 3.63) is 58.4 Å². The summed E-state index contributed by atoms with van der Waals surface area (Å²) in [6.07, 6.45) is 0. The van der Waals surface area contributed by atoms with Crippen molar-refractivity contribution in [1.29, 1.82) is 0 Å². The monoisotopic (exact) mass is 294 g/mol. The normalized spacial score (nSPS) is 9.84. The predicted molar refractivity (Wildman–Crippen MR) is 90.5 cm³/mol. The van der Waals surface area contributed by atoms with Crippen molar-refractivity contribution < 1.29 is 4.39 Å². The lowest BCUT2D eigenvalue weighted by molar-refractivity contribution is 0.619. The molecule has 0 radical (unpaired) electrons. The predicted octanol–water partition coefficient (Wildman–Crippen LogP) is 3.75. The van der Waals surface area contributed by atoms with Gasteiger partial charge < -0.3 is 0 Å². The highest BCUT2D eigenvalue weighted by Gasteiger charge is 1.99. The lowest BCUT2D eigenvalue weighted by Crippen LogP contribution is -2.00. The summed E-state index contributed by atoms with van der Waals surface area (Å²) in [5.41, 5.74) is 4.35. The van der Waals surface area contributed by atoms with Gasteiger partial charge in [-0.25, -0.2) is 4.39 Å². The van der Waals surface area contributed by atoms with E-state index < -0.39 is 0 Å². The summed E-state index contributed by atoms with van der Waals surface area (Å²) in [6.45, 7) is 7.88. The van der Waals surface area contributed by atoms with Crippen molar-refractivity contribution in [3.63, 3.8) is 0 Å². The maximum atomic E-state index is 12.8. The molecule has 0 aliphatic carbocycles. The van der Waals surface area contributed by atoms with Crippen LogP contribution in [0.4, 0.5) is 4.39 Å². The Hall–Kier alpha value is -0.770. The number of hydrogen-bond acceptors (Lipinski definition) is 0. The standard InChI is InChI=1S/C8H10FP.C8H11P/c1-5-3-7(9)6(2)8(10)4-5;1-6-3-4-7(2)8(9)5-6/h3-4H,10H2,1-2H3;3-5H,9H2,1-2H3. The minimum atomic E-state index is -0.120. The fourth-order valence-electron chi connectivity index (χ4n) is 1.60. The summed E-state index contributed by atoms with van der Waals surface area (Å²) < 4.78 is 12.8. The van der Waals surface area contributed by atoms with E-state index in [0.717, 1.165) is 16.4 Å². The molecule has 0 saturated heterocycles. The quantitative estimate of drug-likeness (QED) is 0.649. The van der Waals surface area contributed by atoms with E-state index in [1.807, 2.05) is 13.0 Å². The van der Waals surface area contributed by atoms with Crippen molar-refractivity contribution in [2.24, 2.45) is 0 Å². The largest absolute Gasteiger partial charge is 0.207 e. The van der Waals surface area contributed by atoms with E-state index in [1.165, 1.54) is 16.4 Å². The number of benzene rings is 2. The molecule has 102 valence electrons. The second kappa shape index (κ2) is 7.13. The first-order valence-electron chi connectivity index (χ1n) is 6.16. The maximum absolute atomic E-state index is 12.8. The second-order valence-electron chi connectivity index (χ2n) is 4.82. The van der Waals surface area contributed by atoms with Crippen LogP contribution in [-0.2, 0) is 0 Å². The SMILES string of the molecule is Cc1cc(F)c(C)c(P)c1.Cc1ccc(C)c(P)c1. The molecule has 0 amide bonds. The lowest BCUT2D eigenvalue weighted by atomic mass is 10.1. The smallest absolute Gasteiger partial charge is 0.126 e. The minimum Gasteiger partial charge on any atom is -0.207 e. The molecule has 2 unspecified atom stereocenters. The highest BCUT2D eigenvalue weighted by molar-refractivity contribution is 7.27. The van der Waals surface area contributed by atoms with E-state index in [0.29, 0.717) is 0 Å². The molecule has 0 saturated carbocycles. The van der Waals surface area contributed by atoms with Gasteiger partial charge in [0, 0.05) is 0 Å². The van der Waals surface area contributed by atoms with Gasteiger partial charge in [-0.05, 0) is 61.1 Å². The van der Waals surface area contributed by atoms with Crippen LogP contribution in [0.1, 0.15) is 22.3 Å². The topological polar surface area (TPSA) is 0 Å². The highest BCUT2D eigenvalue weighted by atomic mass is 31.0. The zero-order valence-electron chi connectivity index (χ0n) is 11.9. The molecular weight excluding hydrogens is 273 g/mol. The van der Waals surface area contributed by atoms with Gasteiger partial charge in [-0.1, -0.05) is 29.8 Å². The lowest BCUT2D eigenvalue weighted by Gasteiger charge is -2.01. The van der Waals surface area contributed by atoms with E-state index >= 15 is 0 Å². The number of hydrogen-bond donors (Lipinski definition) is 0. The van der Waals surface area contributed by atoms with E-state index in [9.17, 15) is 4.39 Å². The van der Waals surface area contributed by atoms with Crippen LogP contribution in [0.5, 0.6) is 0 Å². The Morgan fingerprint density at radius 3 is 1.84 bits per heavy atom. The molecule has 2 aromatic carbocycles. The zero-order chi connectivity index (χ0) is 14.6. The van der Waals surface area contributed by atoms with Crippen molar-refractivity contribution in [2.45, 2.75) is 27.7 Å². The Morgan fingerprint density at radius 2 is 1.37 bits per heavy atom. The summed E-state index contributed by atoms with van der Waals surface area (Å²) in [5.74, 6) is -0.120. The van der Waals surface area contributed by atoms with Crippen LogP contribution in [0.3, 0.4) is 0 Å². The summed E-state index contributed by atoms with van der Waals surface area (Å²) in [4.78, 5) is 0. The average Bonchev–Trinajstić information content (AvgIpc) is 2.32. The molecule has 0 spiro atoms. The number of aryl methyl sites for hydroxylation is 3. The summed E-state index contributed by atoms with van der Waals surface area (Å²) in [6, 6.07) is 9.92. The van der Waals surface area contributed by atoms with Gasteiger partial charge in [-0.15, -0.1) is 18.5 Å². The third-order valence-electron chi connectivity index (χ3n) is 2.96. The van der Waals surface area contributed by atoms with Gasteiger partial charge in [0.05, 0.1) is 0 Å². The molecule has 0 N–H and O–H groups in total. The van der Waals surface area contributed by atoms with E-state index in [4.69, 9.17) is 0 Å². The molecular formula is C16H21FP2. The molecule has 19 heavy (non-hydrogen) atoms. The van der Waals surface area contributed by atoms with Crippen molar-refractivity contribution in [1.82, 2.24) is 0 Å². The van der Waals surface area contributed by atoms with Gasteiger partial charge in [0.15, 0.2) is 0 Å². The van der Waals surface area contributed by atoms with Crippen LogP contribution in [0.2, 0.25) is 0 Å². The van der Waals surface area contributed by atoms with Crippen LogP contribution in [0.25, 0.3) is 0 Å². The Morgan fingerprint density at radius 1 is 0.789 bits per heavy atom. The van der Waals surface area contributed by atoms with Gasteiger partial charge in [0.1, 0.15) is 5.82 Å². The van der Waals surface area contributed by atoms with Gasteiger partial charge in [0.2, 0.25) is 0 Å². The fraction of sp³-hybridized carbons (Fsp3) is 0.250. The van der Waals surface area contributed by atoms with Gasteiger partial charge >= 0.3 is 0 Å². The van der Waals surface area contributed by atoms with Crippen molar-refractivity contribution in [2.75, 3.05) is 0 Å². The maximum Gasteiger partial charge on any atom is 0.126 e. The Kier molecular flexibility index (Phi) is 6.11. The van der Waals surface area contributed by atoms with Crippen LogP contribution in [0.15, 0.2) is 30.3 Å². The number of halogens is 1. The van der Waals surface area contributed by atoms with Gasteiger partial charge in [0.25, 0.3) is 0 Å². The van der Waals surface area contributed by atoms with E-state index in [-0.39, 0.29) is 5.82 Å². The first-order valence-corrected chi connectivity index (χ1v) is 7.31. The molecule has 2 aromatic rings. The van der Waals surface area contributed by atoms with Crippen LogP contribution < -0.4 is 10.6 Å². The minimum absolute atomic E-state index is 0.120. The highest BCUT2D eigenvalue weighted by Crippen LogP contribution is 2.08. The molecule has 0 aliphatic heterocycles. The molecule has 0 aliphatic rings. The Bertz CT molecular complexity index is 554. The zero-order valence-corrected chi connectivity index (χ0v) is 14.2. The molecule has 0 bridgehead atoms. The third-order valence-corrected chi connectivity index (χ3v) is 4.19. The molecule has 2 atom stereocenters. The van der Waals surface area contributed by atoms with Gasteiger partial charge in [-0.2, -0.15) is 0 Å². The molecule has 0 aromatic heterocycles. The molecule has 0 heterocycles. The Balaban J connectivity index is 0.000000191. The molecule has 2 rings (SSSR count). The van der Waals surface area contributed by atoms with Crippen LogP contribution >= 0.6 is 18.5 Å². The van der Waals surface area contributed by atoms with Crippen molar-refractivity contribution >= 4 is 29.1 Å². The first kappa shape index (κ1) is 16.3. The summed E-state index contributed by atoms with van der Waals surface area (Å²) >= 11 is 0. The van der Waals surface area contributed by atoms with E-state index in [2.05, 4.69) is 50.5 Å². The van der Waals surface area contributed by atoms with E-state index in [1.54, 1.807) is 13.0 Å². The molecule has 3 heteroatoms. The van der Waals surface area contributed by atoms with Crippen molar-refractivity contribution in [3.8, 4) is 0 Å². The average molecular weight is 294 g/mol. The summed E-state index contributed by atoms with van der Waals surface area (Å²) in [5, 5.41) is 2.24. The Labute approximate surface area is 120 Å². The van der Waals surface area contributed by atoms with Crippen LogP contribution in [0, 0.1) is 33.5 Å². The molecule has 0 fully saturated rings. The van der Waals surface area contributed by atoms with Gasteiger partial charge in [-0.3, -0.25) is 0 Å². The molecule has 0 nitrogen and oxygen atoms in total. The number of rotatable bonds is 0.